The molecule has 0 saturated carbocycles. The summed E-state index contributed by atoms with van der Waals surface area (Å²) in [6.45, 7) is 1.64. The van der Waals surface area contributed by atoms with Crippen molar-refractivity contribution in [3.63, 3.8) is 0 Å². The fourth-order valence-electron chi connectivity index (χ4n) is 1.14. The van der Waals surface area contributed by atoms with Crippen LogP contribution < -0.4 is 5.32 Å². The van der Waals surface area contributed by atoms with Gasteiger partial charge in [0, 0.05) is 18.2 Å². The van der Waals surface area contributed by atoms with Gasteiger partial charge in [-0.3, -0.25) is 14.9 Å². The van der Waals surface area contributed by atoms with Crippen molar-refractivity contribution in [3.05, 3.63) is 38.9 Å². The lowest BCUT2D eigenvalue weighted by Gasteiger charge is -2.07. The summed E-state index contributed by atoms with van der Waals surface area (Å²) < 4.78 is 0. The number of hydrogen-bond donors (Lipinski definition) is 2. The zero-order valence-electron chi connectivity index (χ0n) is 9.01. The van der Waals surface area contributed by atoms with Crippen LogP contribution in [0.5, 0.6) is 0 Å². The van der Waals surface area contributed by atoms with Crippen molar-refractivity contribution < 1.29 is 14.8 Å². The number of halogens is 1. The molecule has 0 radical (unpaired) electrons. The topological polar surface area (TPSA) is 92.5 Å². The van der Waals surface area contributed by atoms with Gasteiger partial charge in [0.2, 0.25) is 0 Å². The zero-order chi connectivity index (χ0) is 13.0. The summed E-state index contributed by atoms with van der Waals surface area (Å²) in [4.78, 5) is 21.4. The third kappa shape index (κ3) is 3.69. The first-order valence-electron chi connectivity index (χ1n) is 4.82. The molecule has 0 fully saturated rings. The largest absolute Gasteiger partial charge is 0.392 e. The van der Waals surface area contributed by atoms with Crippen LogP contribution in [-0.2, 0) is 0 Å². The van der Waals surface area contributed by atoms with E-state index < -0.39 is 16.9 Å². The Morgan fingerprint density at radius 3 is 2.76 bits per heavy atom. The summed E-state index contributed by atoms with van der Waals surface area (Å²) in [6.07, 6.45) is -0.660. The molecule has 6 nitrogen and oxygen atoms in total. The molecule has 1 rings (SSSR count). The van der Waals surface area contributed by atoms with Gasteiger partial charge in [-0.05, 0) is 19.1 Å². The molecular weight excluding hydrogens is 248 g/mol. The van der Waals surface area contributed by atoms with Gasteiger partial charge in [-0.15, -0.1) is 0 Å². The third-order valence-electron chi connectivity index (χ3n) is 1.96. The first-order valence-corrected chi connectivity index (χ1v) is 5.20. The third-order valence-corrected chi connectivity index (χ3v) is 2.27. The van der Waals surface area contributed by atoms with Crippen LogP contribution in [0.1, 0.15) is 17.3 Å². The number of rotatable bonds is 4. The van der Waals surface area contributed by atoms with Gasteiger partial charge in [0.1, 0.15) is 5.02 Å². The van der Waals surface area contributed by atoms with E-state index in [9.17, 15) is 14.9 Å². The lowest BCUT2D eigenvalue weighted by molar-refractivity contribution is -0.384. The minimum atomic E-state index is -0.660. The van der Waals surface area contributed by atoms with Gasteiger partial charge in [-0.25, -0.2) is 0 Å². The second kappa shape index (κ2) is 5.60. The van der Waals surface area contributed by atoms with E-state index in [4.69, 9.17) is 16.7 Å². The Bertz CT molecular complexity index is 448. The zero-order valence-corrected chi connectivity index (χ0v) is 9.77. The van der Waals surface area contributed by atoms with Gasteiger partial charge in [-0.1, -0.05) is 11.6 Å². The fraction of sp³-hybridized carbons (Fsp3) is 0.300. The van der Waals surface area contributed by atoms with Gasteiger partial charge >= 0.3 is 0 Å². The summed E-state index contributed by atoms with van der Waals surface area (Å²) in [5.74, 6) is -0.442. The standard InChI is InChI=1S/C10H11ClN2O4/c1-6(14)5-12-10(15)7-2-3-9(13(16)17)8(11)4-7/h2-4,6,14H,5H2,1H3,(H,12,15)/t6-/m0/s1. The molecule has 0 heterocycles. The highest BCUT2D eigenvalue weighted by Crippen LogP contribution is 2.24. The summed E-state index contributed by atoms with van der Waals surface area (Å²) in [5.41, 5.74) is -0.0417. The number of nitrogens with one attached hydrogen (secondary N) is 1. The number of benzene rings is 1. The molecular formula is C10H11ClN2O4. The Kier molecular flexibility index (Phi) is 4.42. The van der Waals surface area contributed by atoms with Crippen LogP contribution in [0, 0.1) is 10.1 Å². The van der Waals surface area contributed by atoms with Crippen LogP contribution >= 0.6 is 11.6 Å². The molecule has 1 aromatic rings. The molecule has 0 spiro atoms. The maximum Gasteiger partial charge on any atom is 0.287 e. The van der Waals surface area contributed by atoms with Gasteiger partial charge in [0.25, 0.3) is 11.6 Å². The minimum absolute atomic E-state index is 0.0975. The molecule has 1 aromatic carbocycles. The molecule has 0 unspecified atom stereocenters. The highest BCUT2D eigenvalue weighted by molar-refractivity contribution is 6.33. The Morgan fingerprint density at radius 2 is 2.29 bits per heavy atom. The number of carbonyl (C=O) groups excluding carboxylic acids is 1. The van der Waals surface area contributed by atoms with Crippen molar-refractivity contribution in [3.8, 4) is 0 Å². The number of nitro groups is 1. The number of carbonyl (C=O) groups is 1. The lowest BCUT2D eigenvalue weighted by atomic mass is 10.2. The van der Waals surface area contributed by atoms with Crippen LogP contribution in [0.25, 0.3) is 0 Å². The van der Waals surface area contributed by atoms with Crippen LogP contribution in [0.15, 0.2) is 18.2 Å². The van der Waals surface area contributed by atoms with Crippen molar-refractivity contribution in [1.29, 1.82) is 0 Å². The Morgan fingerprint density at radius 1 is 1.65 bits per heavy atom. The summed E-state index contributed by atoms with van der Waals surface area (Å²) >= 11 is 5.66. The molecule has 0 aliphatic carbocycles. The first-order chi connectivity index (χ1) is 7.91. The lowest BCUT2D eigenvalue weighted by Crippen LogP contribution is -2.30. The van der Waals surface area contributed by atoms with Crippen LogP contribution in [0.2, 0.25) is 5.02 Å². The monoisotopic (exact) mass is 258 g/mol. The molecule has 2 N–H and O–H groups in total. The molecule has 0 aliphatic rings. The van der Waals surface area contributed by atoms with E-state index in [0.29, 0.717) is 0 Å². The van der Waals surface area contributed by atoms with Gasteiger partial charge in [0.05, 0.1) is 11.0 Å². The van der Waals surface area contributed by atoms with Crippen LogP contribution in [0.4, 0.5) is 5.69 Å². The summed E-state index contributed by atoms with van der Waals surface area (Å²) in [7, 11) is 0. The second-order valence-electron chi connectivity index (χ2n) is 3.48. The van der Waals surface area contributed by atoms with Crippen molar-refractivity contribution >= 4 is 23.2 Å². The molecule has 17 heavy (non-hydrogen) atoms. The van der Waals surface area contributed by atoms with Gasteiger partial charge in [0.15, 0.2) is 0 Å². The summed E-state index contributed by atoms with van der Waals surface area (Å²) in [5, 5.41) is 21.9. The first kappa shape index (κ1) is 13.4. The van der Waals surface area contributed by atoms with E-state index in [1.807, 2.05) is 0 Å². The maximum absolute atomic E-state index is 11.5. The molecule has 0 saturated heterocycles. The van der Waals surface area contributed by atoms with E-state index in [2.05, 4.69) is 5.32 Å². The molecule has 1 atom stereocenters. The van der Waals surface area contributed by atoms with Crippen molar-refractivity contribution in [2.24, 2.45) is 0 Å². The van der Waals surface area contributed by atoms with Gasteiger partial charge < -0.3 is 10.4 Å². The Balaban J connectivity index is 2.83. The number of amides is 1. The normalized spacial score (nSPS) is 11.9. The number of nitrogens with zero attached hydrogens (tertiary/aromatic N) is 1. The van der Waals surface area contributed by atoms with Crippen molar-refractivity contribution in [2.75, 3.05) is 6.54 Å². The fourth-order valence-corrected chi connectivity index (χ4v) is 1.39. The van der Waals surface area contributed by atoms with E-state index >= 15 is 0 Å². The van der Waals surface area contributed by atoms with E-state index in [-0.39, 0.29) is 22.8 Å². The quantitative estimate of drug-likeness (QED) is 0.630. The predicted octanol–water partition coefficient (Wildman–Crippen LogP) is 1.36. The van der Waals surface area contributed by atoms with Crippen molar-refractivity contribution in [1.82, 2.24) is 5.32 Å². The average Bonchev–Trinajstić information content (AvgIpc) is 2.25. The van der Waals surface area contributed by atoms with E-state index in [0.717, 1.165) is 0 Å². The molecule has 7 heteroatoms. The molecule has 0 aromatic heterocycles. The second-order valence-corrected chi connectivity index (χ2v) is 3.89. The molecule has 0 bridgehead atoms. The molecule has 0 aliphatic heterocycles. The van der Waals surface area contributed by atoms with E-state index in [1.54, 1.807) is 0 Å². The SMILES string of the molecule is C[C@H](O)CNC(=O)c1ccc([N+](=O)[O-])c(Cl)c1. The van der Waals surface area contributed by atoms with Crippen LogP contribution in [-0.4, -0.2) is 28.6 Å². The van der Waals surface area contributed by atoms with Crippen LogP contribution in [0.3, 0.4) is 0 Å². The van der Waals surface area contributed by atoms with E-state index in [1.165, 1.54) is 25.1 Å². The highest BCUT2D eigenvalue weighted by Gasteiger charge is 2.15. The Hall–Kier alpha value is -1.66. The smallest absolute Gasteiger partial charge is 0.287 e. The molecule has 92 valence electrons. The van der Waals surface area contributed by atoms with Crippen molar-refractivity contribution in [2.45, 2.75) is 13.0 Å². The minimum Gasteiger partial charge on any atom is -0.392 e. The molecule has 1 amide bonds. The maximum atomic E-state index is 11.5. The average molecular weight is 259 g/mol. The van der Waals surface area contributed by atoms with Gasteiger partial charge in [-0.2, -0.15) is 0 Å². The number of nitro benzene ring substituents is 1. The number of hydrogen-bond acceptors (Lipinski definition) is 4. The number of aliphatic hydroxyl groups excluding tert-OH is 1. The highest BCUT2D eigenvalue weighted by atomic mass is 35.5. The Labute approximate surface area is 102 Å². The predicted molar refractivity (Wildman–Crippen MR) is 62.1 cm³/mol. The summed E-state index contributed by atoms with van der Waals surface area (Å²) in [6, 6.07) is 3.69. The number of aliphatic hydroxyl groups is 1.